The lowest BCUT2D eigenvalue weighted by Gasteiger charge is -2.22. The Labute approximate surface area is 71.5 Å². The van der Waals surface area contributed by atoms with E-state index in [1.165, 1.54) is 0 Å². The predicted molar refractivity (Wildman–Crippen MR) is 44.1 cm³/mol. The number of hydrogen-bond donors (Lipinski definition) is 2. The van der Waals surface area contributed by atoms with Crippen LogP contribution in [-0.4, -0.2) is 23.2 Å². The monoisotopic (exact) mass is 168 g/mol. The Balaban J connectivity index is 4.21. The number of aliphatic hydroxyl groups is 1. The summed E-state index contributed by atoms with van der Waals surface area (Å²) in [4.78, 5) is 11.0. The maximum atomic E-state index is 11.0. The number of hydrogen-bond acceptors (Lipinski definition) is 3. The van der Waals surface area contributed by atoms with E-state index in [1.54, 1.807) is 19.9 Å². The second-order valence-electron chi connectivity index (χ2n) is 3.09. The number of nitriles is 1. The molecule has 0 aromatic rings. The van der Waals surface area contributed by atoms with Crippen LogP contribution >= 0.6 is 0 Å². The first-order valence-electron chi connectivity index (χ1n) is 3.45. The first kappa shape index (κ1) is 10.7. The molecule has 0 aliphatic carbocycles. The molecule has 0 bridgehead atoms. The Morgan fingerprint density at radius 3 is 2.58 bits per heavy atom. The molecule has 0 heterocycles. The Morgan fingerprint density at radius 2 is 2.25 bits per heavy atom. The van der Waals surface area contributed by atoms with E-state index in [9.17, 15) is 4.79 Å². The van der Waals surface area contributed by atoms with Crippen LogP contribution < -0.4 is 5.32 Å². The van der Waals surface area contributed by atoms with Crippen LogP contribution in [0.4, 0.5) is 0 Å². The van der Waals surface area contributed by atoms with Gasteiger partial charge in [0, 0.05) is 0 Å². The summed E-state index contributed by atoms with van der Waals surface area (Å²) in [5, 5.41) is 19.5. The Kier molecular flexibility index (Phi) is 3.45. The number of rotatable bonds is 3. The van der Waals surface area contributed by atoms with E-state index < -0.39 is 11.4 Å². The highest BCUT2D eigenvalue weighted by molar-refractivity contribution is 5.96. The van der Waals surface area contributed by atoms with Gasteiger partial charge in [0.05, 0.1) is 12.1 Å². The van der Waals surface area contributed by atoms with E-state index in [-0.39, 0.29) is 12.2 Å². The van der Waals surface area contributed by atoms with E-state index >= 15 is 0 Å². The predicted octanol–water partition coefficient (Wildman–Crippen LogP) is -0.0467. The number of aliphatic hydroxyl groups excluding tert-OH is 1. The van der Waals surface area contributed by atoms with E-state index in [0.717, 1.165) is 0 Å². The Bertz CT molecular complexity index is 238. The van der Waals surface area contributed by atoms with Gasteiger partial charge in [0.1, 0.15) is 11.6 Å². The van der Waals surface area contributed by atoms with Gasteiger partial charge in [0.15, 0.2) is 0 Å². The Morgan fingerprint density at radius 1 is 1.75 bits per heavy atom. The quantitative estimate of drug-likeness (QED) is 0.458. The van der Waals surface area contributed by atoms with Crippen LogP contribution in [0.25, 0.3) is 0 Å². The molecule has 0 fully saturated rings. The minimum atomic E-state index is -0.711. The maximum absolute atomic E-state index is 11.0. The molecule has 4 heteroatoms. The third kappa shape index (κ3) is 3.17. The standard InChI is InChI=1S/C8H12N2O2/c1-6(4-9)7(12)10-8(2,3)5-11/h11H,1,5H2,2-3H3,(H,10,12). The van der Waals surface area contributed by atoms with Crippen LogP contribution in [0.1, 0.15) is 13.8 Å². The number of amides is 1. The lowest BCUT2D eigenvalue weighted by atomic mass is 10.1. The molecule has 0 aliphatic heterocycles. The van der Waals surface area contributed by atoms with Crippen molar-refractivity contribution in [1.82, 2.24) is 5.32 Å². The summed E-state index contributed by atoms with van der Waals surface area (Å²) in [6, 6.07) is 1.62. The van der Waals surface area contributed by atoms with Gasteiger partial charge >= 0.3 is 0 Å². The number of carbonyl (C=O) groups is 1. The van der Waals surface area contributed by atoms with E-state index in [1.807, 2.05) is 0 Å². The summed E-state index contributed by atoms with van der Waals surface area (Å²) < 4.78 is 0. The zero-order valence-corrected chi connectivity index (χ0v) is 7.22. The first-order valence-corrected chi connectivity index (χ1v) is 3.45. The molecule has 4 nitrogen and oxygen atoms in total. The summed E-state index contributed by atoms with van der Waals surface area (Å²) in [6.45, 7) is 6.35. The fourth-order valence-corrected chi connectivity index (χ4v) is 0.473. The van der Waals surface area contributed by atoms with Crippen molar-refractivity contribution < 1.29 is 9.90 Å². The van der Waals surface area contributed by atoms with Crippen LogP contribution in [0.15, 0.2) is 12.2 Å². The zero-order chi connectivity index (χ0) is 9.78. The number of nitrogens with zero attached hydrogens (tertiary/aromatic N) is 1. The van der Waals surface area contributed by atoms with Gasteiger partial charge in [-0.25, -0.2) is 0 Å². The average molecular weight is 168 g/mol. The molecule has 0 radical (unpaired) electrons. The third-order valence-electron chi connectivity index (χ3n) is 1.26. The van der Waals surface area contributed by atoms with E-state index in [4.69, 9.17) is 10.4 Å². The SMILES string of the molecule is C=C(C#N)C(=O)NC(C)(C)CO. The van der Waals surface area contributed by atoms with Gasteiger partial charge in [-0.1, -0.05) is 6.58 Å². The Hall–Kier alpha value is -1.34. The molecule has 66 valence electrons. The molecule has 0 atom stereocenters. The number of nitrogens with one attached hydrogen (secondary N) is 1. The molecule has 2 N–H and O–H groups in total. The molecule has 0 aromatic heterocycles. The minimum absolute atomic E-state index is 0.156. The van der Waals surface area contributed by atoms with Gasteiger partial charge in [-0.15, -0.1) is 0 Å². The van der Waals surface area contributed by atoms with Gasteiger partial charge in [0.2, 0.25) is 0 Å². The van der Waals surface area contributed by atoms with Gasteiger partial charge in [-0.3, -0.25) is 4.79 Å². The van der Waals surface area contributed by atoms with Crippen molar-refractivity contribution in [2.75, 3.05) is 6.61 Å². The maximum Gasteiger partial charge on any atom is 0.261 e. The second-order valence-corrected chi connectivity index (χ2v) is 3.09. The fourth-order valence-electron chi connectivity index (χ4n) is 0.473. The molecule has 0 spiro atoms. The molecule has 0 unspecified atom stereocenters. The highest BCUT2D eigenvalue weighted by Crippen LogP contribution is 2.01. The highest BCUT2D eigenvalue weighted by Gasteiger charge is 2.20. The fraction of sp³-hybridized carbons (Fsp3) is 0.500. The van der Waals surface area contributed by atoms with Crippen LogP contribution in [-0.2, 0) is 4.79 Å². The van der Waals surface area contributed by atoms with Crippen molar-refractivity contribution in [3.05, 3.63) is 12.2 Å². The second kappa shape index (κ2) is 3.88. The zero-order valence-electron chi connectivity index (χ0n) is 7.22. The van der Waals surface area contributed by atoms with Crippen LogP contribution in [0, 0.1) is 11.3 Å². The molecule has 0 rings (SSSR count). The van der Waals surface area contributed by atoms with Crippen molar-refractivity contribution in [3.63, 3.8) is 0 Å². The first-order chi connectivity index (χ1) is 5.43. The third-order valence-corrected chi connectivity index (χ3v) is 1.26. The molecule has 0 saturated carbocycles. The van der Waals surface area contributed by atoms with Crippen molar-refractivity contribution in [3.8, 4) is 6.07 Å². The molecule has 12 heavy (non-hydrogen) atoms. The molecule has 1 amide bonds. The molecule has 0 aliphatic rings. The van der Waals surface area contributed by atoms with Crippen molar-refractivity contribution in [2.45, 2.75) is 19.4 Å². The summed E-state index contributed by atoms with van der Waals surface area (Å²) in [5.41, 5.74) is -0.867. The summed E-state index contributed by atoms with van der Waals surface area (Å²) >= 11 is 0. The molecular formula is C8H12N2O2. The lowest BCUT2D eigenvalue weighted by molar-refractivity contribution is -0.119. The summed E-state index contributed by atoms with van der Waals surface area (Å²) in [7, 11) is 0. The smallest absolute Gasteiger partial charge is 0.261 e. The van der Waals surface area contributed by atoms with Crippen molar-refractivity contribution >= 4 is 5.91 Å². The average Bonchev–Trinajstić information content (AvgIpc) is 2.02. The van der Waals surface area contributed by atoms with Gasteiger partial charge in [0.25, 0.3) is 5.91 Å². The normalized spacial score (nSPS) is 10.2. The lowest BCUT2D eigenvalue weighted by Crippen LogP contribution is -2.46. The minimum Gasteiger partial charge on any atom is -0.394 e. The van der Waals surface area contributed by atoms with Crippen LogP contribution in [0.3, 0.4) is 0 Å². The van der Waals surface area contributed by atoms with Gasteiger partial charge < -0.3 is 10.4 Å². The van der Waals surface area contributed by atoms with Crippen molar-refractivity contribution in [1.29, 1.82) is 5.26 Å². The largest absolute Gasteiger partial charge is 0.394 e. The summed E-state index contributed by atoms with van der Waals surface area (Å²) in [5.74, 6) is -0.545. The van der Waals surface area contributed by atoms with Crippen LogP contribution in [0.5, 0.6) is 0 Å². The van der Waals surface area contributed by atoms with Crippen molar-refractivity contribution in [2.24, 2.45) is 0 Å². The van der Waals surface area contributed by atoms with Gasteiger partial charge in [-0.2, -0.15) is 5.26 Å². The van der Waals surface area contributed by atoms with Crippen LogP contribution in [0.2, 0.25) is 0 Å². The molecule has 0 aromatic carbocycles. The van der Waals surface area contributed by atoms with E-state index in [2.05, 4.69) is 11.9 Å². The summed E-state index contributed by atoms with van der Waals surface area (Å²) in [6.07, 6.45) is 0. The van der Waals surface area contributed by atoms with E-state index in [0.29, 0.717) is 0 Å². The van der Waals surface area contributed by atoms with Gasteiger partial charge in [-0.05, 0) is 13.8 Å². The molecule has 0 saturated heterocycles. The highest BCUT2D eigenvalue weighted by atomic mass is 16.3. The molecular weight excluding hydrogens is 156 g/mol. The number of carbonyl (C=O) groups excluding carboxylic acids is 1. The topological polar surface area (TPSA) is 73.1 Å².